The Bertz CT molecular complexity index is 502. The molecule has 0 aliphatic carbocycles. The van der Waals surface area contributed by atoms with Gasteiger partial charge in [-0.1, -0.05) is 19.1 Å². The normalized spacial score (nSPS) is 15.9. The van der Waals surface area contributed by atoms with Gasteiger partial charge in [0.05, 0.1) is 12.8 Å². The number of unbranched alkanes of at least 4 members (excludes halogenated alkanes) is 1. The maximum atomic E-state index is 11.9. The summed E-state index contributed by atoms with van der Waals surface area (Å²) >= 11 is 0. The summed E-state index contributed by atoms with van der Waals surface area (Å²) in [6, 6.07) is 7.22. The third kappa shape index (κ3) is 6.02. The summed E-state index contributed by atoms with van der Waals surface area (Å²) in [4.78, 5) is 16.9. The van der Waals surface area contributed by atoms with Gasteiger partial charge in [0.15, 0.2) is 0 Å². The second kappa shape index (κ2) is 10.2. The van der Waals surface area contributed by atoms with Gasteiger partial charge in [0.2, 0.25) is 0 Å². The minimum absolute atomic E-state index is 0.184. The monoisotopic (exact) mass is 334 g/mol. The highest BCUT2D eigenvalue weighted by molar-refractivity contribution is 5.90. The lowest BCUT2D eigenvalue weighted by molar-refractivity contribution is 0.136. The van der Waals surface area contributed by atoms with Crippen LogP contribution in [0.25, 0.3) is 0 Å². The highest BCUT2D eigenvalue weighted by Crippen LogP contribution is 2.22. The Hall–Kier alpha value is -1.79. The third-order valence-corrected chi connectivity index (χ3v) is 4.45. The molecule has 0 atom stereocenters. The van der Waals surface area contributed by atoms with E-state index in [9.17, 15) is 4.79 Å². The predicted molar refractivity (Wildman–Crippen MR) is 97.8 cm³/mol. The van der Waals surface area contributed by atoms with Crippen molar-refractivity contribution in [3.8, 4) is 5.75 Å². The number of carbonyl (C=O) groups excluding carboxylic acids is 1. The van der Waals surface area contributed by atoms with E-state index in [1.54, 1.807) is 7.11 Å². The first kappa shape index (κ1) is 18.5. The number of ether oxygens (including phenoxy) is 1. The average Bonchev–Trinajstić information content (AvgIpc) is 2.62. The summed E-state index contributed by atoms with van der Waals surface area (Å²) in [5.41, 5.74) is 0.686. The number of benzene rings is 1. The van der Waals surface area contributed by atoms with E-state index in [4.69, 9.17) is 4.74 Å². The van der Waals surface area contributed by atoms with Gasteiger partial charge in [-0.05, 0) is 38.1 Å². The van der Waals surface area contributed by atoms with E-state index in [0.29, 0.717) is 18.0 Å². The summed E-state index contributed by atoms with van der Waals surface area (Å²) in [7, 11) is 1.60. The van der Waals surface area contributed by atoms with Crippen LogP contribution in [0.3, 0.4) is 0 Å². The molecule has 6 nitrogen and oxygen atoms in total. The first-order valence-corrected chi connectivity index (χ1v) is 8.85. The van der Waals surface area contributed by atoms with Crippen LogP contribution >= 0.6 is 0 Å². The van der Waals surface area contributed by atoms with Crippen LogP contribution in [0, 0.1) is 0 Å². The average molecular weight is 334 g/mol. The predicted octanol–water partition coefficient (Wildman–Crippen LogP) is 2.23. The Morgan fingerprint density at radius 2 is 1.83 bits per heavy atom. The number of nitrogens with zero attached hydrogens (tertiary/aromatic N) is 2. The number of urea groups is 1. The minimum atomic E-state index is -0.184. The quantitative estimate of drug-likeness (QED) is 0.716. The molecule has 1 heterocycles. The van der Waals surface area contributed by atoms with Gasteiger partial charge in [-0.2, -0.15) is 0 Å². The number of methoxy groups -OCH3 is 1. The molecule has 134 valence electrons. The lowest BCUT2D eigenvalue weighted by Gasteiger charge is -2.33. The van der Waals surface area contributed by atoms with Crippen molar-refractivity contribution in [2.45, 2.75) is 19.8 Å². The Morgan fingerprint density at radius 1 is 1.12 bits per heavy atom. The van der Waals surface area contributed by atoms with Crippen LogP contribution in [0.1, 0.15) is 19.8 Å². The first-order valence-electron chi connectivity index (χ1n) is 8.85. The van der Waals surface area contributed by atoms with Crippen LogP contribution in [0.4, 0.5) is 10.5 Å². The standard InChI is InChI=1S/C18H30N4O2/c1-3-21-12-14-22(15-13-21)11-7-6-10-19-18(23)20-16-8-4-5-9-17(16)24-2/h4-5,8-9H,3,6-7,10-15H2,1-2H3,(H2,19,20,23). The molecular formula is C18H30N4O2. The number of amides is 2. The molecule has 1 aliphatic heterocycles. The van der Waals surface area contributed by atoms with E-state index in [1.165, 1.54) is 13.1 Å². The Labute approximate surface area is 145 Å². The van der Waals surface area contributed by atoms with E-state index in [-0.39, 0.29) is 6.03 Å². The summed E-state index contributed by atoms with van der Waals surface area (Å²) in [6.45, 7) is 9.86. The van der Waals surface area contributed by atoms with Gasteiger partial charge in [0.1, 0.15) is 5.75 Å². The topological polar surface area (TPSA) is 56.8 Å². The summed E-state index contributed by atoms with van der Waals surface area (Å²) in [5, 5.41) is 5.73. The fraction of sp³-hybridized carbons (Fsp3) is 0.611. The van der Waals surface area contributed by atoms with E-state index >= 15 is 0 Å². The Kier molecular flexibility index (Phi) is 7.85. The molecule has 24 heavy (non-hydrogen) atoms. The van der Waals surface area contributed by atoms with Gasteiger partial charge in [0.25, 0.3) is 0 Å². The number of nitrogens with one attached hydrogen (secondary N) is 2. The van der Waals surface area contributed by atoms with Crippen molar-refractivity contribution in [1.82, 2.24) is 15.1 Å². The highest BCUT2D eigenvalue weighted by atomic mass is 16.5. The molecule has 0 radical (unpaired) electrons. The van der Waals surface area contributed by atoms with E-state index < -0.39 is 0 Å². The van der Waals surface area contributed by atoms with Gasteiger partial charge in [0, 0.05) is 32.7 Å². The molecule has 1 saturated heterocycles. The number of anilines is 1. The van der Waals surface area contributed by atoms with Crippen LogP contribution in [0.2, 0.25) is 0 Å². The third-order valence-electron chi connectivity index (χ3n) is 4.45. The second-order valence-electron chi connectivity index (χ2n) is 6.06. The SMILES string of the molecule is CCN1CCN(CCCCNC(=O)Nc2ccccc2OC)CC1. The molecule has 2 rings (SSSR count). The molecule has 0 saturated carbocycles. The largest absolute Gasteiger partial charge is 0.495 e. The number of hydrogen-bond acceptors (Lipinski definition) is 4. The van der Waals surface area contributed by atoms with Crippen molar-refractivity contribution < 1.29 is 9.53 Å². The van der Waals surface area contributed by atoms with Crippen molar-refractivity contribution in [1.29, 1.82) is 0 Å². The van der Waals surface area contributed by atoms with E-state index in [2.05, 4.69) is 27.4 Å². The van der Waals surface area contributed by atoms with Crippen LogP contribution in [-0.4, -0.2) is 68.8 Å². The van der Waals surface area contributed by atoms with Crippen LogP contribution < -0.4 is 15.4 Å². The second-order valence-corrected chi connectivity index (χ2v) is 6.06. The lowest BCUT2D eigenvalue weighted by Crippen LogP contribution is -2.46. The molecule has 0 spiro atoms. The van der Waals surface area contributed by atoms with Gasteiger partial charge in [-0.15, -0.1) is 0 Å². The number of likely N-dealkylation sites (N-methyl/N-ethyl adjacent to an activating group) is 1. The van der Waals surface area contributed by atoms with E-state index in [0.717, 1.165) is 39.0 Å². The molecule has 1 aromatic rings. The number of para-hydroxylation sites is 2. The number of rotatable bonds is 8. The van der Waals surface area contributed by atoms with Crippen molar-refractivity contribution in [3.63, 3.8) is 0 Å². The fourth-order valence-electron chi connectivity index (χ4n) is 2.91. The van der Waals surface area contributed by atoms with Gasteiger partial charge in [-0.3, -0.25) is 0 Å². The maximum absolute atomic E-state index is 11.9. The van der Waals surface area contributed by atoms with Crippen LogP contribution in [0.15, 0.2) is 24.3 Å². The molecule has 1 aromatic carbocycles. The minimum Gasteiger partial charge on any atom is -0.495 e. The number of carbonyl (C=O) groups is 1. The van der Waals surface area contributed by atoms with Gasteiger partial charge < -0.3 is 25.2 Å². The zero-order valence-corrected chi connectivity index (χ0v) is 14.9. The van der Waals surface area contributed by atoms with Gasteiger partial charge >= 0.3 is 6.03 Å². The van der Waals surface area contributed by atoms with E-state index in [1.807, 2.05) is 24.3 Å². The summed E-state index contributed by atoms with van der Waals surface area (Å²) in [5.74, 6) is 0.666. The molecule has 6 heteroatoms. The molecule has 1 aliphatic rings. The molecule has 0 bridgehead atoms. The molecular weight excluding hydrogens is 304 g/mol. The first-order chi connectivity index (χ1) is 11.7. The van der Waals surface area contributed by atoms with Crippen molar-refractivity contribution in [2.24, 2.45) is 0 Å². The number of piperazine rings is 1. The Balaban J connectivity index is 1.56. The maximum Gasteiger partial charge on any atom is 0.319 e. The lowest BCUT2D eigenvalue weighted by atomic mass is 10.2. The summed E-state index contributed by atoms with van der Waals surface area (Å²) < 4.78 is 5.22. The van der Waals surface area contributed by atoms with Crippen LogP contribution in [-0.2, 0) is 0 Å². The van der Waals surface area contributed by atoms with Crippen LogP contribution in [0.5, 0.6) is 5.75 Å². The smallest absolute Gasteiger partial charge is 0.319 e. The molecule has 2 N–H and O–H groups in total. The molecule has 0 unspecified atom stereocenters. The zero-order chi connectivity index (χ0) is 17.2. The number of hydrogen-bond donors (Lipinski definition) is 2. The van der Waals surface area contributed by atoms with Crippen molar-refractivity contribution >= 4 is 11.7 Å². The van der Waals surface area contributed by atoms with Gasteiger partial charge in [-0.25, -0.2) is 4.79 Å². The molecule has 2 amide bonds. The molecule has 1 fully saturated rings. The molecule has 0 aromatic heterocycles. The highest BCUT2D eigenvalue weighted by Gasteiger charge is 2.14. The van der Waals surface area contributed by atoms with Crippen molar-refractivity contribution in [2.75, 3.05) is 58.2 Å². The van der Waals surface area contributed by atoms with Crippen molar-refractivity contribution in [3.05, 3.63) is 24.3 Å². The Morgan fingerprint density at radius 3 is 2.54 bits per heavy atom. The summed E-state index contributed by atoms with van der Waals surface area (Å²) in [6.07, 6.45) is 2.11. The zero-order valence-electron chi connectivity index (χ0n) is 14.9. The fourth-order valence-corrected chi connectivity index (χ4v) is 2.91.